The maximum atomic E-state index is 12.7. The minimum atomic E-state index is 0.0415. The summed E-state index contributed by atoms with van der Waals surface area (Å²) in [5.41, 5.74) is 0.784. The minimum Gasteiger partial charge on any atom is -0.348 e. The number of amides is 1. The van der Waals surface area contributed by atoms with Crippen LogP contribution in [0, 0.1) is 5.92 Å². The molecule has 1 aromatic heterocycles. The number of piperidine rings is 1. The van der Waals surface area contributed by atoms with Gasteiger partial charge < -0.3 is 10.6 Å². The molecule has 1 aliphatic heterocycles. The molecule has 1 amide bonds. The number of thiophene rings is 1. The molecule has 3 nitrogen and oxygen atoms in total. The Kier molecular flexibility index (Phi) is 5.75. The number of hydrogen-bond donors (Lipinski definition) is 2. The van der Waals surface area contributed by atoms with Crippen LogP contribution in [0.4, 0.5) is 0 Å². The molecule has 2 aromatic rings. The Morgan fingerprint density at radius 2 is 2.22 bits per heavy atom. The first kappa shape index (κ1) is 16.6. The third-order valence-corrected chi connectivity index (χ3v) is 6.41. The third kappa shape index (κ3) is 4.37. The number of carbonyl (C=O) groups is 1. The van der Waals surface area contributed by atoms with Crippen molar-refractivity contribution in [3.05, 3.63) is 52.2 Å². The van der Waals surface area contributed by atoms with Gasteiger partial charge in [-0.25, -0.2) is 0 Å². The van der Waals surface area contributed by atoms with Crippen LogP contribution < -0.4 is 10.6 Å². The Morgan fingerprint density at radius 1 is 1.35 bits per heavy atom. The number of rotatable bonds is 5. The lowest BCUT2D eigenvalue weighted by atomic mass is 9.94. The molecule has 1 aromatic carbocycles. The second-order valence-electron chi connectivity index (χ2n) is 5.91. The second kappa shape index (κ2) is 7.99. The number of hydrogen-bond acceptors (Lipinski definition) is 4. The molecule has 5 heteroatoms. The standard InChI is InChI=1S/C18H22N2OS2/c1-13-8-9-19-11-16(13)20-18(21)15-6-2-3-7-17(15)23-12-14-5-4-10-22-14/h2-7,10,13,16,19H,8-9,11-12H2,1H3,(H,20,21). The molecule has 2 heterocycles. The van der Waals surface area contributed by atoms with Crippen molar-refractivity contribution in [3.63, 3.8) is 0 Å². The van der Waals surface area contributed by atoms with Gasteiger partial charge in [-0.15, -0.1) is 23.1 Å². The van der Waals surface area contributed by atoms with Crippen molar-refractivity contribution >= 4 is 29.0 Å². The van der Waals surface area contributed by atoms with Crippen LogP contribution in [0.3, 0.4) is 0 Å². The van der Waals surface area contributed by atoms with Gasteiger partial charge in [-0.3, -0.25) is 4.79 Å². The summed E-state index contributed by atoms with van der Waals surface area (Å²) in [6.07, 6.45) is 1.11. The highest BCUT2D eigenvalue weighted by Crippen LogP contribution is 2.28. The van der Waals surface area contributed by atoms with E-state index in [1.807, 2.05) is 24.3 Å². The van der Waals surface area contributed by atoms with E-state index in [-0.39, 0.29) is 11.9 Å². The van der Waals surface area contributed by atoms with Gasteiger partial charge in [0.1, 0.15) is 0 Å². The number of thioether (sulfide) groups is 1. The van der Waals surface area contributed by atoms with Gasteiger partial charge in [-0.05, 0) is 42.5 Å². The van der Waals surface area contributed by atoms with Gasteiger partial charge in [0.15, 0.2) is 0 Å². The molecular formula is C18H22N2OS2. The molecule has 3 rings (SSSR count). The fourth-order valence-corrected chi connectivity index (χ4v) is 4.58. The molecule has 23 heavy (non-hydrogen) atoms. The Hall–Kier alpha value is -1.30. The van der Waals surface area contributed by atoms with Crippen molar-refractivity contribution in [3.8, 4) is 0 Å². The summed E-state index contributed by atoms with van der Waals surface area (Å²) in [4.78, 5) is 15.1. The van der Waals surface area contributed by atoms with Crippen LogP contribution in [-0.4, -0.2) is 25.0 Å². The summed E-state index contributed by atoms with van der Waals surface area (Å²) in [5, 5.41) is 8.66. The van der Waals surface area contributed by atoms with E-state index in [1.165, 1.54) is 4.88 Å². The van der Waals surface area contributed by atoms with Gasteiger partial charge in [-0.2, -0.15) is 0 Å². The summed E-state index contributed by atoms with van der Waals surface area (Å²) >= 11 is 3.49. The predicted octanol–water partition coefficient (Wildman–Crippen LogP) is 3.77. The highest BCUT2D eigenvalue weighted by Gasteiger charge is 2.23. The first-order valence-corrected chi connectivity index (χ1v) is 9.86. The van der Waals surface area contributed by atoms with E-state index in [0.29, 0.717) is 5.92 Å². The highest BCUT2D eigenvalue weighted by atomic mass is 32.2. The van der Waals surface area contributed by atoms with Crippen LogP contribution in [0.1, 0.15) is 28.6 Å². The fraction of sp³-hybridized carbons (Fsp3) is 0.389. The Bertz CT molecular complexity index is 642. The molecule has 1 saturated heterocycles. The number of benzene rings is 1. The fourth-order valence-electron chi connectivity index (χ4n) is 2.75. The normalized spacial score (nSPS) is 21.1. The monoisotopic (exact) mass is 346 g/mol. The summed E-state index contributed by atoms with van der Waals surface area (Å²) in [5.74, 6) is 1.47. The maximum Gasteiger partial charge on any atom is 0.252 e. The van der Waals surface area contributed by atoms with E-state index in [0.717, 1.165) is 35.7 Å². The summed E-state index contributed by atoms with van der Waals surface area (Å²) < 4.78 is 0. The molecule has 2 N–H and O–H groups in total. The molecule has 0 saturated carbocycles. The first-order chi connectivity index (χ1) is 11.2. The summed E-state index contributed by atoms with van der Waals surface area (Å²) in [7, 11) is 0. The Balaban J connectivity index is 1.67. The molecule has 0 radical (unpaired) electrons. The van der Waals surface area contributed by atoms with Crippen LogP contribution in [0.5, 0.6) is 0 Å². The van der Waals surface area contributed by atoms with Crippen molar-refractivity contribution in [2.24, 2.45) is 5.92 Å². The topological polar surface area (TPSA) is 41.1 Å². The van der Waals surface area contributed by atoms with E-state index >= 15 is 0 Å². The van der Waals surface area contributed by atoms with Gasteiger partial charge in [0, 0.05) is 28.1 Å². The molecule has 0 spiro atoms. The van der Waals surface area contributed by atoms with Crippen molar-refractivity contribution < 1.29 is 4.79 Å². The molecule has 0 aliphatic carbocycles. The molecule has 122 valence electrons. The van der Waals surface area contributed by atoms with Gasteiger partial charge in [-0.1, -0.05) is 25.1 Å². The molecule has 1 aliphatic rings. The van der Waals surface area contributed by atoms with Gasteiger partial charge in [0.05, 0.1) is 5.56 Å². The van der Waals surface area contributed by atoms with Crippen molar-refractivity contribution in [1.29, 1.82) is 0 Å². The van der Waals surface area contributed by atoms with E-state index in [9.17, 15) is 4.79 Å². The summed E-state index contributed by atoms with van der Waals surface area (Å²) in [6, 6.07) is 12.3. The Labute approximate surface area is 145 Å². The zero-order valence-corrected chi connectivity index (χ0v) is 14.9. The molecule has 2 atom stereocenters. The van der Waals surface area contributed by atoms with E-state index in [4.69, 9.17) is 0 Å². The lowest BCUT2D eigenvalue weighted by Gasteiger charge is -2.30. The van der Waals surface area contributed by atoms with E-state index in [1.54, 1.807) is 23.1 Å². The molecule has 2 unspecified atom stereocenters. The van der Waals surface area contributed by atoms with Crippen LogP contribution in [0.15, 0.2) is 46.7 Å². The van der Waals surface area contributed by atoms with Crippen LogP contribution in [0.2, 0.25) is 0 Å². The lowest BCUT2D eigenvalue weighted by Crippen LogP contribution is -2.50. The molecular weight excluding hydrogens is 324 g/mol. The number of nitrogens with one attached hydrogen (secondary N) is 2. The quantitative estimate of drug-likeness (QED) is 0.810. The van der Waals surface area contributed by atoms with E-state index in [2.05, 4.69) is 35.1 Å². The van der Waals surface area contributed by atoms with Crippen LogP contribution in [-0.2, 0) is 5.75 Å². The average Bonchev–Trinajstić information content (AvgIpc) is 3.09. The third-order valence-electron chi connectivity index (χ3n) is 4.23. The van der Waals surface area contributed by atoms with Gasteiger partial charge in [0.2, 0.25) is 0 Å². The number of carbonyl (C=O) groups excluding carboxylic acids is 1. The predicted molar refractivity (Wildman–Crippen MR) is 98.2 cm³/mol. The second-order valence-corrected chi connectivity index (χ2v) is 7.96. The zero-order chi connectivity index (χ0) is 16.1. The van der Waals surface area contributed by atoms with Crippen molar-refractivity contribution in [1.82, 2.24) is 10.6 Å². The molecule has 0 bridgehead atoms. The zero-order valence-electron chi connectivity index (χ0n) is 13.2. The average molecular weight is 347 g/mol. The maximum absolute atomic E-state index is 12.7. The van der Waals surface area contributed by atoms with E-state index < -0.39 is 0 Å². The van der Waals surface area contributed by atoms with Crippen LogP contribution in [0.25, 0.3) is 0 Å². The Morgan fingerprint density at radius 3 is 3.00 bits per heavy atom. The smallest absolute Gasteiger partial charge is 0.252 e. The van der Waals surface area contributed by atoms with Gasteiger partial charge >= 0.3 is 0 Å². The lowest BCUT2D eigenvalue weighted by molar-refractivity contribution is 0.0912. The SMILES string of the molecule is CC1CCNCC1NC(=O)c1ccccc1SCc1cccs1. The van der Waals surface area contributed by atoms with Crippen LogP contribution >= 0.6 is 23.1 Å². The first-order valence-electron chi connectivity index (χ1n) is 8.00. The summed E-state index contributed by atoms with van der Waals surface area (Å²) in [6.45, 7) is 4.11. The largest absolute Gasteiger partial charge is 0.348 e. The van der Waals surface area contributed by atoms with Crippen molar-refractivity contribution in [2.75, 3.05) is 13.1 Å². The molecule has 1 fully saturated rings. The minimum absolute atomic E-state index is 0.0415. The van der Waals surface area contributed by atoms with Gasteiger partial charge in [0.25, 0.3) is 5.91 Å². The van der Waals surface area contributed by atoms with Crippen molar-refractivity contribution in [2.45, 2.75) is 30.0 Å². The highest BCUT2D eigenvalue weighted by molar-refractivity contribution is 7.98.